The molecule has 0 saturated heterocycles. The van der Waals surface area contributed by atoms with Crippen LogP contribution >= 0.6 is 11.8 Å². The minimum atomic E-state index is -1.13. The Balaban J connectivity index is 2.28. The molecule has 0 aliphatic carbocycles. The van der Waals surface area contributed by atoms with Crippen LogP contribution < -0.4 is 49.4 Å². The van der Waals surface area contributed by atoms with Crippen LogP contribution in [0, 0.1) is 13.8 Å². The van der Waals surface area contributed by atoms with Crippen LogP contribution in [0.3, 0.4) is 0 Å². The molecule has 312 valence electrons. The van der Waals surface area contributed by atoms with Gasteiger partial charge in [0.15, 0.2) is 5.96 Å². The molecule has 13 N–H and O–H groups in total. The molecule has 0 radical (unpaired) electrons. The van der Waals surface area contributed by atoms with Gasteiger partial charge in [-0.25, -0.2) is 0 Å². The van der Waals surface area contributed by atoms with E-state index >= 15 is 0 Å². The number of primary amides is 1. The van der Waals surface area contributed by atoms with E-state index in [4.69, 9.17) is 38.1 Å². The summed E-state index contributed by atoms with van der Waals surface area (Å²) in [5.74, 6) is -1.10. The third-order valence-electron chi connectivity index (χ3n) is 8.68. The maximum atomic E-state index is 14.1. The topological polar surface area (TPSA) is 265 Å². The summed E-state index contributed by atoms with van der Waals surface area (Å²) in [7, 11) is 0. The number of aliphatic imine (C=N–C) groups is 1. The summed E-state index contributed by atoms with van der Waals surface area (Å²) in [6, 6.07) is 8.65. The van der Waals surface area contributed by atoms with E-state index in [2.05, 4.69) is 27.5 Å². The zero-order valence-electron chi connectivity index (χ0n) is 33.1. The molecule has 0 aliphatic heterocycles. The molecule has 2 rings (SSSR count). The second-order valence-electron chi connectivity index (χ2n) is 13.4. The number of amides is 4. The van der Waals surface area contributed by atoms with Crippen LogP contribution in [0.5, 0.6) is 5.75 Å². The number of benzene rings is 2. The minimum Gasteiger partial charge on any atom is -0.497 e. The predicted molar refractivity (Wildman–Crippen MR) is 228 cm³/mol. The van der Waals surface area contributed by atoms with Gasteiger partial charge in [-0.3, -0.25) is 24.2 Å². The number of carbonyl (C=O) groups is 4. The first-order valence-electron chi connectivity index (χ1n) is 19.0. The number of carbonyl (C=O) groups excluding carboxylic acids is 4. The Kier molecular flexibility index (Phi) is 22.9. The van der Waals surface area contributed by atoms with Gasteiger partial charge in [0.05, 0.1) is 12.3 Å². The average Bonchev–Trinajstić information content (AvgIpc) is 3.17. The number of nitrogens with two attached hydrogens (primary N) is 5. The molecule has 0 heterocycles. The first-order valence-corrected chi connectivity index (χ1v) is 20.0. The Morgan fingerprint density at radius 2 is 1.51 bits per heavy atom. The lowest BCUT2D eigenvalue weighted by Crippen LogP contribution is -2.58. The van der Waals surface area contributed by atoms with E-state index in [1.807, 2.05) is 73.9 Å². The summed E-state index contributed by atoms with van der Waals surface area (Å²) in [5.41, 5.74) is 31.7. The fourth-order valence-corrected chi connectivity index (χ4v) is 6.14. The molecule has 2 aromatic rings. The van der Waals surface area contributed by atoms with Crippen molar-refractivity contribution >= 4 is 41.4 Å². The van der Waals surface area contributed by atoms with Crippen molar-refractivity contribution in [2.24, 2.45) is 33.7 Å². The molecule has 0 spiro atoms. The van der Waals surface area contributed by atoms with Crippen molar-refractivity contribution in [1.29, 1.82) is 0 Å². The number of hydrogen-bond acceptors (Lipinski definition) is 10. The van der Waals surface area contributed by atoms with E-state index in [9.17, 15) is 19.2 Å². The Labute approximate surface area is 340 Å². The summed E-state index contributed by atoms with van der Waals surface area (Å²) < 4.78 is 11.4. The number of nitrogens with zero attached hydrogens (tertiary/aromatic N) is 1. The van der Waals surface area contributed by atoms with Crippen LogP contribution in [0.1, 0.15) is 54.4 Å². The Bertz CT molecular complexity index is 1640. The first-order chi connectivity index (χ1) is 27.4. The van der Waals surface area contributed by atoms with E-state index in [1.165, 1.54) is 0 Å². The standard InChI is InChI=1S/C41H61N9O6S/c1-4-22-57-23-12-20-55-19-11-21-56-31-24-28(2)32(29(3)25-31)27-36(50-38(52)33(43)15-10-18-47-41(45)46)40(54)48-34(16-8-9-17-42)39(53)49-35(37(44)51)26-30-13-6-5-7-14-30/h4-7,11-14,19,23-25,33-36H,1,8-10,15-18,20-22,26-27,42-43H2,2-3H3,(H2,44,51)(H,48,54)(H,49,53)(H,50,52)(H4,45,46,47)/b19-11+,23-12+/t33-,34+,35+,36+/m1/s1. The van der Waals surface area contributed by atoms with Crippen LogP contribution in [0.15, 0.2) is 83.9 Å². The molecular weight excluding hydrogens is 747 g/mol. The van der Waals surface area contributed by atoms with Crippen molar-refractivity contribution in [1.82, 2.24) is 16.0 Å². The van der Waals surface area contributed by atoms with Crippen LogP contribution in [0.25, 0.3) is 0 Å². The highest BCUT2D eigenvalue weighted by Gasteiger charge is 2.31. The van der Waals surface area contributed by atoms with Crippen LogP contribution in [0.4, 0.5) is 0 Å². The third kappa shape index (κ3) is 19.4. The highest BCUT2D eigenvalue weighted by molar-refractivity contribution is 8.02. The number of hydrogen-bond donors (Lipinski definition) is 8. The molecule has 0 bridgehead atoms. The summed E-state index contributed by atoms with van der Waals surface area (Å²) in [4.78, 5) is 57.6. The number of nitrogens with one attached hydrogen (secondary N) is 3. The van der Waals surface area contributed by atoms with Gasteiger partial charge in [-0.2, -0.15) is 0 Å². The van der Waals surface area contributed by atoms with E-state index in [-0.39, 0.29) is 44.8 Å². The fourth-order valence-electron chi connectivity index (χ4n) is 5.67. The SMILES string of the molecule is C=CCS/C=C/CO/C=C/COc1cc(C)c(C[C@H](NC(=O)[C@H](N)CCCN=C(N)N)C(=O)N[C@@H](CCCCN)C(=O)N[C@@H](Cc2ccccc2)C(N)=O)c(C)c1. The van der Waals surface area contributed by atoms with Gasteiger partial charge < -0.3 is 54.1 Å². The lowest BCUT2D eigenvalue weighted by Gasteiger charge is -2.26. The maximum Gasteiger partial charge on any atom is 0.243 e. The van der Waals surface area contributed by atoms with Crippen LogP contribution in [-0.4, -0.2) is 85.8 Å². The van der Waals surface area contributed by atoms with Gasteiger partial charge in [0.2, 0.25) is 23.6 Å². The Morgan fingerprint density at radius 1 is 0.842 bits per heavy atom. The normalized spacial score (nSPS) is 13.3. The van der Waals surface area contributed by atoms with E-state index in [1.54, 1.807) is 24.1 Å². The molecule has 57 heavy (non-hydrogen) atoms. The average molecular weight is 808 g/mol. The number of rotatable bonds is 28. The number of unbranched alkanes of at least 4 members (excludes halogenated alkanes) is 1. The van der Waals surface area contributed by atoms with Crippen LogP contribution in [-0.2, 0) is 36.8 Å². The highest BCUT2D eigenvalue weighted by Crippen LogP contribution is 2.24. The monoisotopic (exact) mass is 807 g/mol. The first kappa shape index (κ1) is 47.8. The van der Waals surface area contributed by atoms with E-state index in [0.29, 0.717) is 38.2 Å². The largest absolute Gasteiger partial charge is 0.497 e. The van der Waals surface area contributed by atoms with Gasteiger partial charge >= 0.3 is 0 Å². The number of ether oxygens (including phenoxy) is 2. The molecule has 0 aromatic heterocycles. The van der Waals surface area contributed by atoms with Gasteiger partial charge in [-0.05, 0) is 104 Å². The van der Waals surface area contributed by atoms with Gasteiger partial charge in [0.1, 0.15) is 37.1 Å². The zero-order valence-corrected chi connectivity index (χ0v) is 33.9. The molecule has 0 unspecified atom stereocenters. The molecule has 0 aliphatic rings. The van der Waals surface area contributed by atoms with Gasteiger partial charge in [0.25, 0.3) is 0 Å². The molecule has 4 atom stereocenters. The predicted octanol–water partition coefficient (Wildman–Crippen LogP) is 1.88. The van der Waals surface area contributed by atoms with Gasteiger partial charge in [-0.15, -0.1) is 18.3 Å². The van der Waals surface area contributed by atoms with Crippen molar-refractivity contribution in [3.63, 3.8) is 0 Å². The summed E-state index contributed by atoms with van der Waals surface area (Å²) in [6.07, 6.45) is 9.35. The zero-order chi connectivity index (χ0) is 42.0. The van der Waals surface area contributed by atoms with Gasteiger partial charge in [-0.1, -0.05) is 36.4 Å². The quantitative estimate of drug-likeness (QED) is 0.0202. The van der Waals surface area contributed by atoms with Crippen molar-refractivity contribution in [3.8, 4) is 5.75 Å². The maximum absolute atomic E-state index is 14.1. The van der Waals surface area contributed by atoms with Gasteiger partial charge in [0, 0.05) is 25.1 Å². The summed E-state index contributed by atoms with van der Waals surface area (Å²) >= 11 is 1.62. The summed E-state index contributed by atoms with van der Waals surface area (Å²) in [6.45, 7) is 8.82. The molecule has 15 nitrogen and oxygen atoms in total. The second kappa shape index (κ2) is 27.3. The lowest BCUT2D eigenvalue weighted by atomic mass is 9.94. The summed E-state index contributed by atoms with van der Waals surface area (Å²) in [5, 5.41) is 10.3. The number of thioether (sulfide) groups is 1. The molecule has 0 fully saturated rings. The minimum absolute atomic E-state index is 0.0670. The molecule has 16 heteroatoms. The number of aryl methyl sites for hydroxylation is 2. The van der Waals surface area contributed by atoms with Crippen molar-refractivity contribution < 1.29 is 28.7 Å². The molecular formula is C41H61N9O6S. The third-order valence-corrected chi connectivity index (χ3v) is 9.49. The molecule has 0 saturated carbocycles. The second-order valence-corrected chi connectivity index (χ2v) is 14.3. The Hall–Kier alpha value is -5.32. The fraction of sp³-hybridized carbons (Fsp3) is 0.439. The smallest absolute Gasteiger partial charge is 0.243 e. The lowest BCUT2D eigenvalue weighted by molar-refractivity contribution is -0.133. The van der Waals surface area contributed by atoms with E-state index in [0.717, 1.165) is 28.0 Å². The van der Waals surface area contributed by atoms with Crippen molar-refractivity contribution in [2.75, 3.05) is 32.1 Å². The van der Waals surface area contributed by atoms with Crippen molar-refractivity contribution in [3.05, 3.63) is 101 Å². The molecule has 2 aromatic carbocycles. The highest BCUT2D eigenvalue weighted by atomic mass is 32.2. The Morgan fingerprint density at radius 3 is 2.16 bits per heavy atom. The van der Waals surface area contributed by atoms with Crippen LogP contribution in [0.2, 0.25) is 0 Å². The number of guanidine groups is 1. The van der Waals surface area contributed by atoms with Crippen molar-refractivity contribution in [2.45, 2.75) is 83.0 Å². The van der Waals surface area contributed by atoms with E-state index < -0.39 is 47.8 Å². The molecule has 4 amide bonds.